The van der Waals surface area contributed by atoms with Crippen LogP contribution in [0.5, 0.6) is 0 Å². The minimum absolute atomic E-state index is 0.0341. The molecule has 4 rings (SSSR count). The third-order valence-corrected chi connectivity index (χ3v) is 5.59. The molecule has 0 aromatic carbocycles. The van der Waals surface area contributed by atoms with E-state index in [1.165, 1.54) is 16.9 Å². The van der Waals surface area contributed by atoms with E-state index >= 15 is 0 Å². The fourth-order valence-corrected chi connectivity index (χ4v) is 4.37. The number of aromatic nitrogens is 4. The molecule has 3 heterocycles. The molecule has 0 spiro atoms. The molecule has 0 aliphatic heterocycles. The minimum Gasteiger partial charge on any atom is -0.309 e. The molecule has 7 heteroatoms. The summed E-state index contributed by atoms with van der Waals surface area (Å²) in [5.41, 5.74) is 1.26. The number of fused-ring (bicyclic) bond motifs is 3. The van der Waals surface area contributed by atoms with Crippen molar-refractivity contribution >= 4 is 33.3 Å². The Morgan fingerprint density at radius 2 is 2.17 bits per heavy atom. The van der Waals surface area contributed by atoms with E-state index in [1.54, 1.807) is 23.0 Å². The quantitative estimate of drug-likeness (QED) is 0.802. The number of nitrogens with zero attached hydrogens (tertiary/aromatic N) is 4. The van der Waals surface area contributed by atoms with Gasteiger partial charge in [-0.1, -0.05) is 0 Å². The molecule has 23 heavy (non-hydrogen) atoms. The van der Waals surface area contributed by atoms with Gasteiger partial charge in [0.2, 0.25) is 5.95 Å². The first-order chi connectivity index (χ1) is 11.2. The third-order valence-electron chi connectivity index (χ3n) is 4.40. The molecule has 1 aliphatic rings. The second-order valence-corrected chi connectivity index (χ2v) is 6.96. The fraction of sp³-hybridized carbons (Fsp3) is 0.438. The van der Waals surface area contributed by atoms with Crippen molar-refractivity contribution in [3.8, 4) is 0 Å². The molecule has 0 unspecified atom stereocenters. The Kier molecular flexibility index (Phi) is 3.45. The number of thiophene rings is 1. The zero-order valence-electron chi connectivity index (χ0n) is 13.3. The Labute approximate surface area is 137 Å². The summed E-state index contributed by atoms with van der Waals surface area (Å²) in [5.74, 6) is 1.25. The lowest BCUT2D eigenvalue weighted by Crippen LogP contribution is -2.21. The van der Waals surface area contributed by atoms with Gasteiger partial charge in [0.25, 0.3) is 5.56 Å². The molecule has 0 bridgehead atoms. The molecule has 1 N–H and O–H groups in total. The van der Waals surface area contributed by atoms with Gasteiger partial charge in [-0.25, -0.2) is 4.98 Å². The van der Waals surface area contributed by atoms with Gasteiger partial charge >= 0.3 is 0 Å². The van der Waals surface area contributed by atoms with Crippen LogP contribution in [0, 0.1) is 0 Å². The van der Waals surface area contributed by atoms with Crippen molar-refractivity contribution in [2.45, 2.75) is 39.2 Å². The number of nitrogens with one attached hydrogen (secondary N) is 1. The molecular formula is C16H19N5OS. The smallest absolute Gasteiger partial charge is 0.263 e. The number of hydrogen-bond donors (Lipinski definition) is 1. The highest BCUT2D eigenvalue weighted by atomic mass is 32.1. The molecule has 6 nitrogen and oxygen atoms in total. The minimum atomic E-state index is 0.0341. The molecule has 0 fully saturated rings. The SMILES string of the molecule is CCn1ccc(Nc2nc3sc4c(c3c(=O)n2C)CCCC4)n1. The fourth-order valence-electron chi connectivity index (χ4n) is 3.12. The molecule has 0 radical (unpaired) electrons. The van der Waals surface area contributed by atoms with Crippen molar-refractivity contribution < 1.29 is 0 Å². The largest absolute Gasteiger partial charge is 0.309 e. The Hall–Kier alpha value is -2.15. The van der Waals surface area contributed by atoms with E-state index in [-0.39, 0.29) is 5.56 Å². The number of hydrogen-bond acceptors (Lipinski definition) is 5. The van der Waals surface area contributed by atoms with Gasteiger partial charge in [0.05, 0.1) is 5.39 Å². The van der Waals surface area contributed by atoms with Crippen molar-refractivity contribution in [2.75, 3.05) is 5.32 Å². The summed E-state index contributed by atoms with van der Waals surface area (Å²) in [6.07, 6.45) is 6.35. The van der Waals surface area contributed by atoms with Gasteiger partial charge < -0.3 is 5.32 Å². The number of aryl methyl sites for hydroxylation is 3. The van der Waals surface area contributed by atoms with Crippen LogP contribution in [-0.4, -0.2) is 19.3 Å². The highest BCUT2D eigenvalue weighted by Crippen LogP contribution is 2.34. The summed E-state index contributed by atoms with van der Waals surface area (Å²) in [7, 11) is 1.76. The molecule has 0 saturated heterocycles. The van der Waals surface area contributed by atoms with Crippen LogP contribution < -0.4 is 10.9 Å². The second kappa shape index (κ2) is 5.49. The standard InChI is InChI=1S/C16H19N5OS/c1-3-21-9-8-12(19-21)17-16-18-14-13(15(22)20(16)2)10-6-4-5-7-11(10)23-14/h8-9H,3-7H2,1-2H3,(H,17,18,19). The Morgan fingerprint density at radius 3 is 2.96 bits per heavy atom. The van der Waals surface area contributed by atoms with Crippen molar-refractivity contribution in [3.63, 3.8) is 0 Å². The van der Waals surface area contributed by atoms with Crippen LogP contribution in [0.1, 0.15) is 30.2 Å². The molecule has 1 aliphatic carbocycles. The summed E-state index contributed by atoms with van der Waals surface area (Å²) < 4.78 is 3.43. The summed E-state index contributed by atoms with van der Waals surface area (Å²) in [5, 5.41) is 8.38. The van der Waals surface area contributed by atoms with Crippen LogP contribution >= 0.6 is 11.3 Å². The first-order valence-electron chi connectivity index (χ1n) is 7.99. The molecule has 0 amide bonds. The third kappa shape index (κ3) is 2.35. The molecule has 0 saturated carbocycles. The predicted octanol–water partition coefficient (Wildman–Crippen LogP) is 2.83. The summed E-state index contributed by atoms with van der Waals surface area (Å²) in [6.45, 7) is 2.84. The monoisotopic (exact) mass is 329 g/mol. The van der Waals surface area contributed by atoms with Gasteiger partial charge in [0.1, 0.15) is 4.83 Å². The van der Waals surface area contributed by atoms with Crippen molar-refractivity contribution in [3.05, 3.63) is 33.1 Å². The average Bonchev–Trinajstić information content (AvgIpc) is 3.16. The Balaban J connectivity index is 1.81. The van der Waals surface area contributed by atoms with Crippen LogP contribution in [0.15, 0.2) is 17.1 Å². The maximum atomic E-state index is 12.8. The van der Waals surface area contributed by atoms with E-state index in [4.69, 9.17) is 4.98 Å². The lowest BCUT2D eigenvalue weighted by molar-refractivity contribution is 0.662. The van der Waals surface area contributed by atoms with E-state index in [1.807, 2.05) is 23.9 Å². The average molecular weight is 329 g/mol. The van der Waals surface area contributed by atoms with E-state index in [2.05, 4.69) is 10.4 Å². The van der Waals surface area contributed by atoms with Crippen LogP contribution in [0.25, 0.3) is 10.2 Å². The van der Waals surface area contributed by atoms with Crippen molar-refractivity contribution in [1.82, 2.24) is 19.3 Å². The van der Waals surface area contributed by atoms with E-state index in [9.17, 15) is 4.79 Å². The van der Waals surface area contributed by atoms with E-state index in [0.717, 1.165) is 36.0 Å². The van der Waals surface area contributed by atoms with Gasteiger partial charge in [0.15, 0.2) is 5.82 Å². The van der Waals surface area contributed by atoms with Gasteiger partial charge in [-0.15, -0.1) is 11.3 Å². The Bertz CT molecular complexity index is 936. The molecule has 3 aromatic heterocycles. The van der Waals surface area contributed by atoms with Crippen molar-refractivity contribution in [2.24, 2.45) is 7.05 Å². The summed E-state index contributed by atoms with van der Waals surface area (Å²) >= 11 is 1.67. The number of anilines is 2. The van der Waals surface area contributed by atoms with Gasteiger partial charge in [-0.2, -0.15) is 5.10 Å². The first kappa shape index (κ1) is 14.4. The molecule has 0 atom stereocenters. The number of rotatable bonds is 3. The normalized spacial score (nSPS) is 14.2. The maximum absolute atomic E-state index is 12.8. The van der Waals surface area contributed by atoms with Gasteiger partial charge in [-0.05, 0) is 38.2 Å². The van der Waals surface area contributed by atoms with Crippen LogP contribution in [0.3, 0.4) is 0 Å². The van der Waals surface area contributed by atoms with Crippen molar-refractivity contribution in [1.29, 1.82) is 0 Å². The second-order valence-electron chi connectivity index (χ2n) is 5.87. The first-order valence-corrected chi connectivity index (χ1v) is 8.80. The Morgan fingerprint density at radius 1 is 1.35 bits per heavy atom. The van der Waals surface area contributed by atoms with E-state index < -0.39 is 0 Å². The van der Waals surface area contributed by atoms with Crippen LogP contribution in [0.2, 0.25) is 0 Å². The van der Waals surface area contributed by atoms with Crippen LogP contribution in [0.4, 0.5) is 11.8 Å². The maximum Gasteiger partial charge on any atom is 0.263 e. The van der Waals surface area contributed by atoms with Gasteiger partial charge in [0, 0.05) is 30.7 Å². The van der Waals surface area contributed by atoms with Gasteiger partial charge in [-0.3, -0.25) is 14.0 Å². The predicted molar refractivity (Wildman–Crippen MR) is 92.7 cm³/mol. The molecular weight excluding hydrogens is 310 g/mol. The lowest BCUT2D eigenvalue weighted by Gasteiger charge is -2.11. The highest BCUT2D eigenvalue weighted by Gasteiger charge is 2.21. The highest BCUT2D eigenvalue weighted by molar-refractivity contribution is 7.18. The summed E-state index contributed by atoms with van der Waals surface area (Å²) in [6, 6.07) is 1.89. The topological polar surface area (TPSA) is 64.7 Å². The zero-order chi connectivity index (χ0) is 16.0. The van der Waals surface area contributed by atoms with Crippen LogP contribution in [-0.2, 0) is 26.4 Å². The molecule has 3 aromatic rings. The summed E-state index contributed by atoms with van der Waals surface area (Å²) in [4.78, 5) is 19.7. The molecule has 120 valence electrons. The zero-order valence-corrected chi connectivity index (χ0v) is 14.1. The van der Waals surface area contributed by atoms with E-state index in [0.29, 0.717) is 11.8 Å². The lowest BCUT2D eigenvalue weighted by atomic mass is 9.97.